The van der Waals surface area contributed by atoms with Gasteiger partial charge in [-0.3, -0.25) is 9.69 Å². The maximum absolute atomic E-state index is 12.9. The van der Waals surface area contributed by atoms with Gasteiger partial charge in [-0.25, -0.2) is 4.79 Å². The van der Waals surface area contributed by atoms with Gasteiger partial charge in [-0.05, 0) is 42.3 Å². The predicted octanol–water partition coefficient (Wildman–Crippen LogP) is 4.13. The molecule has 0 amide bonds. The van der Waals surface area contributed by atoms with E-state index in [0.29, 0.717) is 30.8 Å². The van der Waals surface area contributed by atoms with Crippen LogP contribution < -0.4 is 4.74 Å². The SMILES string of the molecule is COC(=O)/C=C/c1ccc2c(c1)C(=O)CC1(CN(C(C)c3c[nH]c4ccccc34)C1)O2. The minimum Gasteiger partial charge on any atom is -0.483 e. The average Bonchev–Trinajstić information content (AvgIpc) is 3.19. The molecule has 1 aromatic heterocycles. The lowest BCUT2D eigenvalue weighted by molar-refractivity contribution is -0.134. The first kappa shape index (κ1) is 19.6. The van der Waals surface area contributed by atoms with E-state index in [-0.39, 0.29) is 11.8 Å². The number of likely N-dealkylation sites (tertiary alicyclic amines) is 1. The molecule has 158 valence electrons. The Balaban J connectivity index is 1.31. The Labute approximate surface area is 180 Å². The molecule has 1 N–H and O–H groups in total. The molecule has 31 heavy (non-hydrogen) atoms. The number of Topliss-reactive ketones (excluding diaryl/α,β-unsaturated/α-hetero) is 1. The number of benzene rings is 2. The minimum atomic E-state index is -0.464. The van der Waals surface area contributed by atoms with E-state index in [1.165, 1.54) is 24.1 Å². The molecule has 3 heterocycles. The number of ketones is 1. The molecule has 1 unspecified atom stereocenters. The number of carbonyl (C=O) groups excluding carboxylic acids is 2. The fraction of sp³-hybridized carbons (Fsp3) is 0.280. The molecule has 5 rings (SSSR count). The summed E-state index contributed by atoms with van der Waals surface area (Å²) in [7, 11) is 1.33. The van der Waals surface area contributed by atoms with Crippen molar-refractivity contribution < 1.29 is 19.1 Å². The van der Waals surface area contributed by atoms with Crippen LogP contribution in [0.1, 0.15) is 40.9 Å². The van der Waals surface area contributed by atoms with Crippen molar-refractivity contribution in [2.24, 2.45) is 0 Å². The summed E-state index contributed by atoms with van der Waals surface area (Å²) in [6.45, 7) is 3.62. The van der Waals surface area contributed by atoms with Gasteiger partial charge in [0, 0.05) is 42.3 Å². The molecule has 2 aliphatic rings. The van der Waals surface area contributed by atoms with E-state index in [1.54, 1.807) is 12.1 Å². The first-order chi connectivity index (χ1) is 15.0. The van der Waals surface area contributed by atoms with Crippen LogP contribution >= 0.6 is 0 Å². The van der Waals surface area contributed by atoms with Gasteiger partial charge in [0.05, 0.1) is 19.1 Å². The molecule has 1 saturated heterocycles. The molecule has 0 saturated carbocycles. The van der Waals surface area contributed by atoms with E-state index in [9.17, 15) is 9.59 Å². The lowest BCUT2D eigenvalue weighted by atomic mass is 9.82. The summed E-state index contributed by atoms with van der Waals surface area (Å²) in [5.41, 5.74) is 3.26. The zero-order chi connectivity index (χ0) is 21.6. The Hall–Kier alpha value is -3.38. The number of esters is 1. The quantitative estimate of drug-likeness (QED) is 0.511. The van der Waals surface area contributed by atoms with Crippen molar-refractivity contribution in [1.29, 1.82) is 0 Å². The molecule has 3 aromatic rings. The van der Waals surface area contributed by atoms with Gasteiger partial charge in [0.25, 0.3) is 0 Å². The Morgan fingerprint density at radius 3 is 2.87 bits per heavy atom. The summed E-state index contributed by atoms with van der Waals surface area (Å²) in [5.74, 6) is 0.262. The molecule has 0 radical (unpaired) electrons. The third-order valence-electron chi connectivity index (χ3n) is 6.33. The number of hydrogen-bond acceptors (Lipinski definition) is 5. The van der Waals surface area contributed by atoms with Crippen molar-refractivity contribution >= 4 is 28.7 Å². The number of rotatable bonds is 4. The molecule has 6 heteroatoms. The van der Waals surface area contributed by atoms with Crippen LogP contribution in [0.4, 0.5) is 0 Å². The van der Waals surface area contributed by atoms with E-state index in [4.69, 9.17) is 4.74 Å². The molecule has 0 aliphatic carbocycles. The van der Waals surface area contributed by atoms with E-state index >= 15 is 0 Å². The maximum Gasteiger partial charge on any atom is 0.330 e. The van der Waals surface area contributed by atoms with Crippen LogP contribution in [-0.4, -0.2) is 47.4 Å². The van der Waals surface area contributed by atoms with Crippen LogP contribution in [0.5, 0.6) is 5.75 Å². The number of nitrogens with one attached hydrogen (secondary N) is 1. The van der Waals surface area contributed by atoms with E-state index in [2.05, 4.69) is 45.9 Å². The third kappa shape index (κ3) is 3.43. The second kappa shape index (κ2) is 7.39. The lowest BCUT2D eigenvalue weighted by Gasteiger charge is -2.53. The Bertz CT molecular complexity index is 1200. The second-order valence-electron chi connectivity index (χ2n) is 8.37. The topological polar surface area (TPSA) is 71.6 Å². The fourth-order valence-corrected chi connectivity index (χ4v) is 4.63. The van der Waals surface area contributed by atoms with Gasteiger partial charge in [-0.1, -0.05) is 24.3 Å². The van der Waals surface area contributed by atoms with Crippen LogP contribution in [0.3, 0.4) is 0 Å². The fourth-order valence-electron chi connectivity index (χ4n) is 4.63. The summed E-state index contributed by atoms with van der Waals surface area (Å²) in [4.78, 5) is 29.9. The van der Waals surface area contributed by atoms with Crippen LogP contribution in [-0.2, 0) is 9.53 Å². The molecule has 1 fully saturated rings. The third-order valence-corrected chi connectivity index (χ3v) is 6.33. The highest BCUT2D eigenvalue weighted by molar-refractivity contribution is 6.01. The van der Waals surface area contributed by atoms with Crippen molar-refractivity contribution in [3.8, 4) is 5.75 Å². The lowest BCUT2D eigenvalue weighted by Crippen LogP contribution is -2.67. The van der Waals surface area contributed by atoms with Gasteiger partial charge in [0.15, 0.2) is 5.78 Å². The molecule has 6 nitrogen and oxygen atoms in total. The predicted molar refractivity (Wildman–Crippen MR) is 118 cm³/mol. The number of methoxy groups -OCH3 is 1. The van der Waals surface area contributed by atoms with E-state index < -0.39 is 11.6 Å². The van der Waals surface area contributed by atoms with Crippen LogP contribution in [0, 0.1) is 0 Å². The largest absolute Gasteiger partial charge is 0.483 e. The first-order valence-corrected chi connectivity index (χ1v) is 10.4. The monoisotopic (exact) mass is 416 g/mol. The number of para-hydroxylation sites is 1. The van der Waals surface area contributed by atoms with Crippen LogP contribution in [0.15, 0.2) is 54.7 Å². The minimum absolute atomic E-state index is 0.0777. The van der Waals surface area contributed by atoms with E-state index in [1.807, 2.05) is 18.2 Å². The Kier molecular flexibility index (Phi) is 4.67. The number of nitrogens with zero attached hydrogens (tertiary/aromatic N) is 1. The van der Waals surface area contributed by atoms with Gasteiger partial charge < -0.3 is 14.5 Å². The zero-order valence-electron chi connectivity index (χ0n) is 17.6. The standard InChI is InChI=1S/C25H24N2O4/c1-16(20-13-26-21-6-4-3-5-18(20)21)27-14-25(15-27)12-22(28)19-11-17(7-9-23(19)31-25)8-10-24(29)30-2/h3-11,13,16,26H,12,14-15H2,1-2H3/b10-8+. The second-order valence-corrected chi connectivity index (χ2v) is 8.37. The highest BCUT2D eigenvalue weighted by Gasteiger charge is 2.51. The molecular formula is C25H24N2O4. The Morgan fingerprint density at radius 1 is 1.26 bits per heavy atom. The maximum atomic E-state index is 12.9. The highest BCUT2D eigenvalue weighted by atomic mass is 16.5. The van der Waals surface area contributed by atoms with Crippen molar-refractivity contribution in [1.82, 2.24) is 9.88 Å². The number of ether oxygens (including phenoxy) is 2. The van der Waals surface area contributed by atoms with Crippen molar-refractivity contribution in [3.63, 3.8) is 0 Å². The number of aromatic nitrogens is 1. The zero-order valence-corrected chi connectivity index (χ0v) is 17.6. The van der Waals surface area contributed by atoms with Gasteiger partial charge in [-0.2, -0.15) is 0 Å². The highest BCUT2D eigenvalue weighted by Crippen LogP contribution is 2.42. The summed E-state index contributed by atoms with van der Waals surface area (Å²) in [5, 5.41) is 1.23. The van der Waals surface area contributed by atoms with Crippen molar-refractivity contribution in [2.45, 2.75) is 25.0 Å². The normalized spacial score (nSPS) is 18.6. The van der Waals surface area contributed by atoms with Crippen LogP contribution in [0.25, 0.3) is 17.0 Å². The van der Waals surface area contributed by atoms with Gasteiger partial charge in [-0.15, -0.1) is 0 Å². The molecule has 2 aromatic carbocycles. The molecule has 1 atom stereocenters. The molecule has 2 aliphatic heterocycles. The van der Waals surface area contributed by atoms with Crippen molar-refractivity contribution in [3.05, 3.63) is 71.4 Å². The summed E-state index contributed by atoms with van der Waals surface area (Å²) in [6.07, 6.45) is 5.41. The average molecular weight is 416 g/mol. The Morgan fingerprint density at radius 2 is 2.06 bits per heavy atom. The van der Waals surface area contributed by atoms with Crippen molar-refractivity contribution in [2.75, 3.05) is 20.2 Å². The first-order valence-electron chi connectivity index (χ1n) is 10.4. The smallest absolute Gasteiger partial charge is 0.330 e. The number of carbonyl (C=O) groups is 2. The number of H-pyrrole nitrogens is 1. The number of aromatic amines is 1. The van der Waals surface area contributed by atoms with Gasteiger partial charge in [0.2, 0.25) is 0 Å². The van der Waals surface area contributed by atoms with Gasteiger partial charge in [0.1, 0.15) is 11.4 Å². The molecule has 1 spiro atoms. The number of fused-ring (bicyclic) bond motifs is 2. The summed E-state index contributed by atoms with van der Waals surface area (Å²) < 4.78 is 10.9. The number of hydrogen-bond donors (Lipinski definition) is 1. The summed E-state index contributed by atoms with van der Waals surface area (Å²) >= 11 is 0. The van der Waals surface area contributed by atoms with Crippen LogP contribution in [0.2, 0.25) is 0 Å². The molecule has 0 bridgehead atoms. The summed E-state index contributed by atoms with van der Waals surface area (Å²) in [6, 6.07) is 14.0. The van der Waals surface area contributed by atoms with Gasteiger partial charge >= 0.3 is 5.97 Å². The van der Waals surface area contributed by atoms with E-state index in [0.717, 1.165) is 11.1 Å². The molecular weight excluding hydrogens is 392 g/mol.